The highest BCUT2D eigenvalue weighted by Gasteiger charge is 2.68. The smallest absolute Gasteiger partial charge is 0.138 e. The molecule has 0 saturated heterocycles. The zero-order valence-corrected chi connectivity index (χ0v) is 21.7. The standard InChI is InChI=1S/C30H48O/c1-19-11-14-27(5)17-18-29(7)21(25(27)20(19)2)9-10-23-28(6)15-13-24(31)26(3,4)22(28)12-16-30(23,29)8/h9,19-20,22-23,25H,10-18H2,1-8H3/t19-,20+,22+,23-,25-,27-,28+,29-,30-/m1/s1. The van der Waals surface area contributed by atoms with Crippen molar-refractivity contribution >= 4 is 5.78 Å². The van der Waals surface area contributed by atoms with Gasteiger partial charge in [0, 0.05) is 11.8 Å². The summed E-state index contributed by atoms with van der Waals surface area (Å²) in [6.45, 7) is 20.2. The molecule has 174 valence electrons. The molecule has 0 N–H and O–H groups in total. The van der Waals surface area contributed by atoms with Gasteiger partial charge in [-0.2, -0.15) is 0 Å². The number of carbonyl (C=O) groups is 1. The van der Waals surface area contributed by atoms with Crippen LogP contribution in [0.4, 0.5) is 0 Å². The summed E-state index contributed by atoms with van der Waals surface area (Å²) >= 11 is 0. The molecule has 4 fully saturated rings. The summed E-state index contributed by atoms with van der Waals surface area (Å²) in [4.78, 5) is 12.9. The molecule has 1 nitrogen and oxygen atoms in total. The maximum absolute atomic E-state index is 12.9. The lowest BCUT2D eigenvalue weighted by atomic mass is 9.33. The van der Waals surface area contributed by atoms with Gasteiger partial charge in [-0.15, -0.1) is 0 Å². The lowest BCUT2D eigenvalue weighted by Gasteiger charge is -2.71. The van der Waals surface area contributed by atoms with Gasteiger partial charge < -0.3 is 0 Å². The van der Waals surface area contributed by atoms with Crippen molar-refractivity contribution in [1.82, 2.24) is 0 Å². The lowest BCUT2D eigenvalue weighted by molar-refractivity contribution is -0.185. The molecule has 0 amide bonds. The SMILES string of the molecule is C[C@H]1[C@H](C)CC[C@]2(C)CC[C@]3(C)C(=CC[C@@H]4[C@@]5(C)CCC(=O)C(C)(C)[C@@H]5CC[C@]43C)[C@@H]12. The first-order chi connectivity index (χ1) is 14.3. The Hall–Kier alpha value is -0.590. The van der Waals surface area contributed by atoms with E-state index >= 15 is 0 Å². The van der Waals surface area contributed by atoms with Crippen molar-refractivity contribution in [2.75, 3.05) is 0 Å². The number of hydrogen-bond donors (Lipinski definition) is 0. The summed E-state index contributed by atoms with van der Waals surface area (Å²) < 4.78 is 0. The van der Waals surface area contributed by atoms with E-state index in [2.05, 4.69) is 61.5 Å². The molecule has 0 unspecified atom stereocenters. The maximum Gasteiger partial charge on any atom is 0.138 e. The second-order valence-electron chi connectivity index (χ2n) is 14.4. The summed E-state index contributed by atoms with van der Waals surface area (Å²) in [6, 6.07) is 0. The second-order valence-corrected chi connectivity index (χ2v) is 14.4. The average Bonchev–Trinajstić information content (AvgIpc) is 2.69. The van der Waals surface area contributed by atoms with Crippen LogP contribution in [0.2, 0.25) is 0 Å². The van der Waals surface area contributed by atoms with E-state index in [1.165, 1.54) is 44.9 Å². The Morgan fingerprint density at radius 3 is 2.26 bits per heavy atom. The van der Waals surface area contributed by atoms with Crippen molar-refractivity contribution in [3.05, 3.63) is 11.6 Å². The normalized spacial score (nSPS) is 55.9. The Labute approximate surface area is 192 Å². The van der Waals surface area contributed by atoms with Crippen molar-refractivity contribution in [2.45, 2.75) is 113 Å². The fourth-order valence-electron chi connectivity index (χ4n) is 10.7. The van der Waals surface area contributed by atoms with E-state index in [9.17, 15) is 4.79 Å². The molecular formula is C30H48O. The molecule has 0 aromatic rings. The highest BCUT2D eigenvalue weighted by molar-refractivity contribution is 5.85. The van der Waals surface area contributed by atoms with Gasteiger partial charge in [-0.1, -0.05) is 67.0 Å². The Morgan fingerprint density at radius 1 is 0.839 bits per heavy atom. The van der Waals surface area contributed by atoms with Crippen LogP contribution in [0.1, 0.15) is 113 Å². The van der Waals surface area contributed by atoms with E-state index in [4.69, 9.17) is 0 Å². The third-order valence-electron chi connectivity index (χ3n) is 13.1. The lowest BCUT2D eigenvalue weighted by Crippen LogP contribution is -2.64. The number of hydrogen-bond acceptors (Lipinski definition) is 1. The van der Waals surface area contributed by atoms with Gasteiger partial charge in [-0.3, -0.25) is 4.79 Å². The molecule has 0 spiro atoms. The van der Waals surface area contributed by atoms with Crippen molar-refractivity contribution in [1.29, 1.82) is 0 Å². The Morgan fingerprint density at radius 2 is 1.55 bits per heavy atom. The van der Waals surface area contributed by atoms with Crippen LogP contribution in [0.5, 0.6) is 0 Å². The number of carbonyl (C=O) groups excluding carboxylic acids is 1. The van der Waals surface area contributed by atoms with E-state index in [0.717, 1.165) is 36.5 Å². The Kier molecular flexibility index (Phi) is 4.66. The minimum atomic E-state index is -0.141. The van der Waals surface area contributed by atoms with E-state index in [1.54, 1.807) is 0 Å². The zero-order chi connectivity index (χ0) is 22.6. The van der Waals surface area contributed by atoms with Crippen LogP contribution in [0, 0.1) is 56.7 Å². The third-order valence-corrected chi connectivity index (χ3v) is 13.1. The molecular weight excluding hydrogens is 376 g/mol. The fraction of sp³-hybridized carbons (Fsp3) is 0.900. The van der Waals surface area contributed by atoms with Crippen molar-refractivity contribution in [3.63, 3.8) is 0 Å². The number of rotatable bonds is 0. The van der Waals surface area contributed by atoms with Crippen LogP contribution in [0.3, 0.4) is 0 Å². The van der Waals surface area contributed by atoms with Gasteiger partial charge in [0.15, 0.2) is 0 Å². The molecule has 4 saturated carbocycles. The molecule has 5 aliphatic rings. The van der Waals surface area contributed by atoms with Crippen molar-refractivity contribution in [2.24, 2.45) is 56.7 Å². The third kappa shape index (κ3) is 2.59. The predicted octanol–water partition coefficient (Wildman–Crippen LogP) is 8.23. The summed E-state index contributed by atoms with van der Waals surface area (Å²) in [5, 5.41) is 0. The minimum absolute atomic E-state index is 0.141. The molecule has 0 aromatic carbocycles. The molecule has 0 aromatic heterocycles. The highest BCUT2D eigenvalue weighted by Crippen LogP contribution is 2.75. The monoisotopic (exact) mass is 424 g/mol. The van der Waals surface area contributed by atoms with Crippen molar-refractivity contribution in [3.8, 4) is 0 Å². The predicted molar refractivity (Wildman–Crippen MR) is 130 cm³/mol. The van der Waals surface area contributed by atoms with Crippen LogP contribution < -0.4 is 0 Å². The highest BCUT2D eigenvalue weighted by atomic mass is 16.1. The quantitative estimate of drug-likeness (QED) is 0.358. The topological polar surface area (TPSA) is 17.1 Å². The van der Waals surface area contributed by atoms with Gasteiger partial charge in [0.25, 0.3) is 0 Å². The molecule has 9 atom stereocenters. The fourth-order valence-corrected chi connectivity index (χ4v) is 10.7. The van der Waals surface area contributed by atoms with Crippen LogP contribution in [-0.2, 0) is 4.79 Å². The number of Topliss-reactive ketones (excluding diaryl/α,β-unsaturated/α-hetero) is 1. The molecule has 31 heavy (non-hydrogen) atoms. The van der Waals surface area contributed by atoms with E-state index in [0.29, 0.717) is 33.4 Å². The average molecular weight is 425 g/mol. The molecule has 0 bridgehead atoms. The Bertz CT molecular complexity index is 820. The summed E-state index contributed by atoms with van der Waals surface area (Å²) in [6.07, 6.45) is 14.1. The van der Waals surface area contributed by atoms with Gasteiger partial charge in [-0.05, 0) is 103 Å². The van der Waals surface area contributed by atoms with E-state index < -0.39 is 0 Å². The van der Waals surface area contributed by atoms with Crippen LogP contribution >= 0.6 is 0 Å². The zero-order valence-electron chi connectivity index (χ0n) is 21.7. The minimum Gasteiger partial charge on any atom is -0.299 e. The number of allylic oxidation sites excluding steroid dienone is 2. The summed E-state index contributed by atoms with van der Waals surface area (Å²) in [7, 11) is 0. The Balaban J connectivity index is 1.60. The van der Waals surface area contributed by atoms with E-state index in [-0.39, 0.29) is 5.41 Å². The molecule has 0 radical (unpaired) electrons. The molecule has 5 rings (SSSR count). The van der Waals surface area contributed by atoms with Crippen molar-refractivity contribution < 1.29 is 4.79 Å². The largest absolute Gasteiger partial charge is 0.299 e. The number of fused-ring (bicyclic) bond motifs is 7. The van der Waals surface area contributed by atoms with Crippen LogP contribution in [-0.4, -0.2) is 5.78 Å². The number of ketones is 1. The first-order valence-electron chi connectivity index (χ1n) is 13.6. The maximum atomic E-state index is 12.9. The van der Waals surface area contributed by atoms with Crippen LogP contribution in [0.15, 0.2) is 11.6 Å². The van der Waals surface area contributed by atoms with Gasteiger partial charge in [0.2, 0.25) is 0 Å². The summed E-state index contributed by atoms with van der Waals surface area (Å²) in [5.74, 6) is 4.24. The summed E-state index contributed by atoms with van der Waals surface area (Å²) in [5.41, 5.74) is 3.26. The van der Waals surface area contributed by atoms with Gasteiger partial charge >= 0.3 is 0 Å². The first-order valence-corrected chi connectivity index (χ1v) is 13.6. The van der Waals surface area contributed by atoms with E-state index in [1.807, 2.05) is 5.57 Å². The first kappa shape index (κ1) is 22.2. The van der Waals surface area contributed by atoms with Crippen LogP contribution in [0.25, 0.3) is 0 Å². The van der Waals surface area contributed by atoms with Gasteiger partial charge in [-0.25, -0.2) is 0 Å². The molecule has 0 aliphatic heterocycles. The van der Waals surface area contributed by atoms with Gasteiger partial charge in [0.1, 0.15) is 5.78 Å². The van der Waals surface area contributed by atoms with Gasteiger partial charge in [0.05, 0.1) is 0 Å². The molecule has 5 aliphatic carbocycles. The molecule has 0 heterocycles. The second kappa shape index (κ2) is 6.50. The molecule has 1 heteroatoms.